The maximum Gasteiger partial charge on any atom is 0.334 e. The van der Waals surface area contributed by atoms with Gasteiger partial charge in [0.25, 0.3) is 0 Å². The van der Waals surface area contributed by atoms with E-state index in [9.17, 15) is 19.5 Å². The molecule has 2 rings (SSSR count). The summed E-state index contributed by atoms with van der Waals surface area (Å²) in [5.41, 5.74) is 2.12. The molecule has 1 aliphatic carbocycles. The smallest absolute Gasteiger partial charge is 0.334 e. The SMILES string of the molecule is C=C(C)C(=O)OCC1=C([C@@H](C)CCCO)[C@@H](OC(C)=O)[C@H]2C(=C)C(=O)O[C@@H]2C1. The maximum atomic E-state index is 12.1. The van der Waals surface area contributed by atoms with Crippen molar-refractivity contribution >= 4 is 17.9 Å². The molecule has 1 fully saturated rings. The van der Waals surface area contributed by atoms with Gasteiger partial charge in [0.2, 0.25) is 0 Å². The second-order valence-electron chi connectivity index (χ2n) is 7.41. The molecule has 154 valence electrons. The second kappa shape index (κ2) is 9.19. The van der Waals surface area contributed by atoms with Crippen LogP contribution in [0.15, 0.2) is 35.5 Å². The number of aliphatic hydroxyl groups excluding tert-OH is 1. The zero-order valence-electron chi connectivity index (χ0n) is 16.7. The van der Waals surface area contributed by atoms with Crippen LogP contribution in [-0.2, 0) is 28.6 Å². The number of hydrogen-bond donors (Lipinski definition) is 1. The van der Waals surface area contributed by atoms with E-state index in [1.165, 1.54) is 6.92 Å². The molecular weight excluding hydrogens is 364 g/mol. The fourth-order valence-electron chi connectivity index (χ4n) is 3.86. The van der Waals surface area contributed by atoms with Gasteiger partial charge < -0.3 is 19.3 Å². The molecule has 7 nitrogen and oxygen atoms in total. The highest BCUT2D eigenvalue weighted by molar-refractivity contribution is 5.91. The van der Waals surface area contributed by atoms with Gasteiger partial charge in [-0.3, -0.25) is 4.79 Å². The third kappa shape index (κ3) is 4.70. The molecule has 1 aliphatic heterocycles. The van der Waals surface area contributed by atoms with Crippen LogP contribution in [0, 0.1) is 11.8 Å². The van der Waals surface area contributed by atoms with Crippen LogP contribution in [0.2, 0.25) is 0 Å². The number of fused-ring (bicyclic) bond motifs is 1. The summed E-state index contributed by atoms with van der Waals surface area (Å²) in [6.45, 7) is 12.3. The van der Waals surface area contributed by atoms with E-state index in [0.29, 0.717) is 19.3 Å². The minimum atomic E-state index is -0.720. The Balaban J connectivity index is 2.44. The topological polar surface area (TPSA) is 99.1 Å². The van der Waals surface area contributed by atoms with Crippen molar-refractivity contribution in [2.45, 2.75) is 52.2 Å². The van der Waals surface area contributed by atoms with Crippen LogP contribution in [0.4, 0.5) is 0 Å². The van der Waals surface area contributed by atoms with E-state index in [2.05, 4.69) is 13.2 Å². The summed E-state index contributed by atoms with van der Waals surface area (Å²) < 4.78 is 16.4. The van der Waals surface area contributed by atoms with Gasteiger partial charge in [0.15, 0.2) is 0 Å². The van der Waals surface area contributed by atoms with E-state index in [1.807, 2.05) is 6.92 Å². The Labute approximate surface area is 165 Å². The van der Waals surface area contributed by atoms with Crippen LogP contribution in [0.1, 0.15) is 40.0 Å². The van der Waals surface area contributed by atoms with Crippen LogP contribution in [0.3, 0.4) is 0 Å². The number of aliphatic hydroxyl groups is 1. The van der Waals surface area contributed by atoms with Crippen LogP contribution < -0.4 is 0 Å². The summed E-state index contributed by atoms with van der Waals surface area (Å²) >= 11 is 0. The first kappa shape index (κ1) is 21.9. The number of esters is 3. The molecule has 2 aliphatic rings. The lowest BCUT2D eigenvalue weighted by molar-refractivity contribution is -0.149. The highest BCUT2D eigenvalue weighted by Crippen LogP contribution is 2.45. The Morgan fingerprint density at radius 2 is 2.04 bits per heavy atom. The zero-order valence-corrected chi connectivity index (χ0v) is 16.7. The lowest BCUT2D eigenvalue weighted by Crippen LogP contribution is -2.41. The summed E-state index contributed by atoms with van der Waals surface area (Å²) in [7, 11) is 0. The Kier molecular flexibility index (Phi) is 7.18. The van der Waals surface area contributed by atoms with Crippen LogP contribution in [0.5, 0.6) is 0 Å². The lowest BCUT2D eigenvalue weighted by Gasteiger charge is -2.38. The molecule has 0 radical (unpaired) electrons. The van der Waals surface area contributed by atoms with Gasteiger partial charge in [-0.25, -0.2) is 9.59 Å². The maximum absolute atomic E-state index is 12.1. The summed E-state index contributed by atoms with van der Waals surface area (Å²) in [5, 5.41) is 9.20. The third-order valence-corrected chi connectivity index (χ3v) is 5.16. The molecular formula is C21H28O7. The number of hydrogen-bond acceptors (Lipinski definition) is 7. The Morgan fingerprint density at radius 1 is 1.36 bits per heavy atom. The molecule has 0 saturated carbocycles. The molecule has 0 aromatic rings. The minimum absolute atomic E-state index is 0.00446. The van der Waals surface area contributed by atoms with Gasteiger partial charge in [-0.1, -0.05) is 20.1 Å². The Bertz CT molecular complexity index is 718. The van der Waals surface area contributed by atoms with Gasteiger partial charge in [-0.2, -0.15) is 0 Å². The monoisotopic (exact) mass is 392 g/mol. The zero-order chi connectivity index (χ0) is 21.0. The molecule has 0 aromatic carbocycles. The molecule has 1 N–H and O–H groups in total. The fraction of sp³-hybridized carbons (Fsp3) is 0.571. The average molecular weight is 392 g/mol. The molecule has 4 atom stereocenters. The number of carbonyl (C=O) groups is 3. The number of ether oxygens (including phenoxy) is 3. The first-order valence-corrected chi connectivity index (χ1v) is 9.39. The van der Waals surface area contributed by atoms with E-state index in [0.717, 1.165) is 11.1 Å². The van der Waals surface area contributed by atoms with Gasteiger partial charge in [0.05, 0.1) is 5.92 Å². The molecule has 0 aromatic heterocycles. The summed E-state index contributed by atoms with van der Waals surface area (Å²) in [6, 6.07) is 0. The molecule has 1 heterocycles. The van der Waals surface area contributed by atoms with E-state index in [1.54, 1.807) is 6.92 Å². The highest BCUT2D eigenvalue weighted by Gasteiger charge is 2.50. The van der Waals surface area contributed by atoms with Gasteiger partial charge in [-0.15, -0.1) is 0 Å². The van der Waals surface area contributed by atoms with Gasteiger partial charge in [0.1, 0.15) is 18.8 Å². The highest BCUT2D eigenvalue weighted by atomic mass is 16.6. The van der Waals surface area contributed by atoms with E-state index >= 15 is 0 Å². The normalized spacial score (nSPS) is 25.1. The second-order valence-corrected chi connectivity index (χ2v) is 7.41. The van der Waals surface area contributed by atoms with E-state index in [-0.39, 0.29) is 30.3 Å². The Hall–Kier alpha value is -2.41. The molecule has 0 amide bonds. The van der Waals surface area contributed by atoms with E-state index in [4.69, 9.17) is 14.2 Å². The van der Waals surface area contributed by atoms with Crippen molar-refractivity contribution in [1.82, 2.24) is 0 Å². The first-order valence-electron chi connectivity index (χ1n) is 9.39. The van der Waals surface area contributed by atoms with Crippen LogP contribution in [-0.4, -0.2) is 48.4 Å². The predicted molar refractivity (Wildman–Crippen MR) is 101 cm³/mol. The number of carbonyl (C=O) groups excluding carboxylic acids is 3. The fourth-order valence-corrected chi connectivity index (χ4v) is 3.86. The van der Waals surface area contributed by atoms with Crippen molar-refractivity contribution in [2.24, 2.45) is 11.8 Å². The van der Waals surface area contributed by atoms with Crippen molar-refractivity contribution < 1.29 is 33.7 Å². The van der Waals surface area contributed by atoms with Crippen molar-refractivity contribution in [3.8, 4) is 0 Å². The van der Waals surface area contributed by atoms with E-state index < -0.39 is 36.0 Å². The molecule has 1 saturated heterocycles. The van der Waals surface area contributed by atoms with Gasteiger partial charge in [0, 0.05) is 31.1 Å². The van der Waals surface area contributed by atoms with Crippen molar-refractivity contribution in [3.05, 3.63) is 35.5 Å². The first-order chi connectivity index (χ1) is 13.2. The molecule has 7 heteroatoms. The molecule has 0 bridgehead atoms. The summed E-state index contributed by atoms with van der Waals surface area (Å²) in [6.07, 6.45) is 0.357. The Morgan fingerprint density at radius 3 is 2.61 bits per heavy atom. The largest absolute Gasteiger partial charge is 0.458 e. The molecule has 0 unspecified atom stereocenters. The van der Waals surface area contributed by atoms with Gasteiger partial charge in [-0.05, 0) is 36.8 Å². The van der Waals surface area contributed by atoms with Crippen molar-refractivity contribution in [3.63, 3.8) is 0 Å². The lowest BCUT2D eigenvalue weighted by atomic mass is 9.73. The van der Waals surface area contributed by atoms with Crippen molar-refractivity contribution in [1.29, 1.82) is 0 Å². The molecule has 0 spiro atoms. The predicted octanol–water partition coefficient (Wildman–Crippen LogP) is 2.24. The average Bonchev–Trinajstić information content (AvgIpc) is 2.90. The van der Waals surface area contributed by atoms with Crippen molar-refractivity contribution in [2.75, 3.05) is 13.2 Å². The summed E-state index contributed by atoms with van der Waals surface area (Å²) in [5.74, 6) is -2.03. The van der Waals surface area contributed by atoms with Gasteiger partial charge >= 0.3 is 17.9 Å². The quantitative estimate of drug-likeness (QED) is 0.293. The molecule has 28 heavy (non-hydrogen) atoms. The van der Waals surface area contributed by atoms with Crippen LogP contribution in [0.25, 0.3) is 0 Å². The third-order valence-electron chi connectivity index (χ3n) is 5.16. The van der Waals surface area contributed by atoms with Crippen LogP contribution >= 0.6 is 0 Å². The standard InChI is InChI=1S/C21H28O7/c1-11(2)20(24)26-10-15-9-16-18(13(4)21(25)28-16)19(27-14(5)23)17(15)12(3)7-6-8-22/h12,16,18-19,22H,1,4,6-10H2,2-3,5H3/t12-,16+,18-,19+/m0/s1. The summed E-state index contributed by atoms with van der Waals surface area (Å²) in [4.78, 5) is 35.7. The number of rotatable bonds is 8. The minimum Gasteiger partial charge on any atom is -0.458 e.